The highest BCUT2D eigenvalue weighted by molar-refractivity contribution is 6.06. The molecule has 0 aliphatic heterocycles. The highest BCUT2D eigenvalue weighted by Gasteiger charge is 2.07. The van der Waals surface area contributed by atoms with Crippen LogP contribution >= 0.6 is 0 Å². The molecule has 0 atom stereocenters. The second-order valence-electron chi connectivity index (χ2n) is 6.05. The quantitative estimate of drug-likeness (QED) is 0.191. The van der Waals surface area contributed by atoms with Crippen molar-refractivity contribution in [2.24, 2.45) is 10.8 Å². The summed E-state index contributed by atoms with van der Waals surface area (Å²) in [6.07, 6.45) is 3.92. The summed E-state index contributed by atoms with van der Waals surface area (Å²) in [4.78, 5) is 28.5. The largest absolute Gasteiger partial charge is 0.481 e. The summed E-state index contributed by atoms with van der Waals surface area (Å²) in [6.45, 7) is 7.44. The van der Waals surface area contributed by atoms with Crippen molar-refractivity contribution in [3.05, 3.63) is 42.7 Å². The first-order valence-electron chi connectivity index (χ1n) is 9.32. The van der Waals surface area contributed by atoms with Crippen molar-refractivity contribution < 1.29 is 14.7 Å². The van der Waals surface area contributed by atoms with Gasteiger partial charge in [0, 0.05) is 58.3 Å². The smallest absolute Gasteiger partial charge is 0.303 e. The van der Waals surface area contributed by atoms with Crippen molar-refractivity contribution in [2.75, 3.05) is 39.3 Å². The minimum absolute atomic E-state index is 0.00407. The first kappa shape index (κ1) is 23.3. The summed E-state index contributed by atoms with van der Waals surface area (Å²) in [5.41, 5.74) is 10.1. The van der Waals surface area contributed by atoms with Gasteiger partial charge in [0.2, 0.25) is 5.91 Å². The molecule has 0 aliphatic rings. The van der Waals surface area contributed by atoms with E-state index in [2.05, 4.69) is 32.3 Å². The number of amides is 1. The topological polar surface area (TPSA) is 133 Å². The molecule has 5 N–H and O–H groups in total. The number of nitrogens with two attached hydrogens (primary N) is 1. The van der Waals surface area contributed by atoms with Crippen molar-refractivity contribution >= 4 is 17.6 Å². The van der Waals surface area contributed by atoms with Crippen molar-refractivity contribution in [1.82, 2.24) is 20.6 Å². The highest BCUT2D eigenvalue weighted by Crippen LogP contribution is 1.97. The van der Waals surface area contributed by atoms with E-state index < -0.39 is 5.97 Å². The third kappa shape index (κ3) is 10.4. The van der Waals surface area contributed by atoms with Gasteiger partial charge in [-0.2, -0.15) is 5.10 Å². The number of hydrogen-bond acceptors (Lipinski definition) is 7. The monoisotopic (exact) mass is 390 g/mol. The van der Waals surface area contributed by atoms with Crippen LogP contribution in [0.15, 0.2) is 42.2 Å². The molecule has 0 saturated heterocycles. The SMILES string of the molecule is C=C/C(=N\NCCN(CCN)CCNC(=O)CCCC(=O)O)c1ccccn1. The average molecular weight is 390 g/mol. The molecule has 0 saturated carbocycles. The number of carbonyl (C=O) groups excluding carboxylic acids is 1. The van der Waals surface area contributed by atoms with Crippen LogP contribution < -0.4 is 16.5 Å². The van der Waals surface area contributed by atoms with Crippen molar-refractivity contribution in [3.63, 3.8) is 0 Å². The molecule has 1 aromatic heterocycles. The van der Waals surface area contributed by atoms with E-state index in [4.69, 9.17) is 10.8 Å². The fourth-order valence-electron chi connectivity index (χ4n) is 2.43. The summed E-state index contributed by atoms with van der Waals surface area (Å²) >= 11 is 0. The predicted octanol–water partition coefficient (Wildman–Crippen LogP) is 0.193. The van der Waals surface area contributed by atoms with Crippen LogP contribution in [-0.2, 0) is 9.59 Å². The van der Waals surface area contributed by atoms with Gasteiger partial charge in [0.05, 0.1) is 5.69 Å². The second-order valence-corrected chi connectivity index (χ2v) is 6.05. The van der Waals surface area contributed by atoms with Crippen molar-refractivity contribution in [3.8, 4) is 0 Å². The normalized spacial score (nSPS) is 11.3. The molecule has 1 amide bonds. The predicted molar refractivity (Wildman–Crippen MR) is 109 cm³/mol. The maximum Gasteiger partial charge on any atom is 0.303 e. The number of hydrazone groups is 1. The summed E-state index contributed by atoms with van der Waals surface area (Å²) in [5, 5.41) is 15.7. The third-order valence-electron chi connectivity index (χ3n) is 3.85. The number of pyridine rings is 1. The molecule has 28 heavy (non-hydrogen) atoms. The Hall–Kier alpha value is -2.78. The molecule has 0 aliphatic carbocycles. The number of nitrogens with zero attached hydrogens (tertiary/aromatic N) is 3. The van der Waals surface area contributed by atoms with Gasteiger partial charge < -0.3 is 21.6 Å². The number of nitrogens with one attached hydrogen (secondary N) is 2. The summed E-state index contributed by atoms with van der Waals surface area (Å²) in [6, 6.07) is 5.59. The number of rotatable bonds is 15. The van der Waals surface area contributed by atoms with E-state index in [1.807, 2.05) is 18.2 Å². The van der Waals surface area contributed by atoms with E-state index in [9.17, 15) is 9.59 Å². The van der Waals surface area contributed by atoms with Gasteiger partial charge in [-0.25, -0.2) is 0 Å². The molecule has 9 nitrogen and oxygen atoms in total. The molecule has 0 fully saturated rings. The lowest BCUT2D eigenvalue weighted by atomic mass is 10.2. The van der Waals surface area contributed by atoms with E-state index in [0.29, 0.717) is 51.4 Å². The number of carbonyl (C=O) groups is 2. The summed E-state index contributed by atoms with van der Waals surface area (Å²) in [5.74, 6) is -1.03. The lowest BCUT2D eigenvalue weighted by Crippen LogP contribution is -2.40. The van der Waals surface area contributed by atoms with E-state index in [-0.39, 0.29) is 18.7 Å². The number of carboxylic acid groups (broad SMARTS) is 1. The van der Waals surface area contributed by atoms with Gasteiger partial charge in [-0.3, -0.25) is 19.5 Å². The molecule has 0 bridgehead atoms. The van der Waals surface area contributed by atoms with Gasteiger partial charge in [-0.15, -0.1) is 0 Å². The molecular weight excluding hydrogens is 360 g/mol. The number of aliphatic carboxylic acids is 1. The lowest BCUT2D eigenvalue weighted by molar-refractivity contribution is -0.137. The van der Waals surface area contributed by atoms with Crippen LogP contribution in [0.3, 0.4) is 0 Å². The van der Waals surface area contributed by atoms with Crippen molar-refractivity contribution in [2.45, 2.75) is 19.3 Å². The Bertz CT molecular complexity index is 636. The summed E-state index contributed by atoms with van der Waals surface area (Å²) < 4.78 is 0. The second kappa shape index (κ2) is 14.3. The lowest BCUT2D eigenvalue weighted by Gasteiger charge is -2.21. The molecular formula is C19H30N6O3. The minimum atomic E-state index is -0.889. The van der Waals surface area contributed by atoms with Crippen molar-refractivity contribution in [1.29, 1.82) is 0 Å². The molecule has 154 valence electrons. The number of hydrogen-bond donors (Lipinski definition) is 4. The minimum Gasteiger partial charge on any atom is -0.481 e. The maximum atomic E-state index is 11.7. The summed E-state index contributed by atoms with van der Waals surface area (Å²) in [7, 11) is 0. The molecule has 1 heterocycles. The van der Waals surface area contributed by atoms with Crippen LogP contribution in [0.1, 0.15) is 25.0 Å². The van der Waals surface area contributed by atoms with Gasteiger partial charge in [0.1, 0.15) is 5.71 Å². The Kier molecular flexibility index (Phi) is 11.9. The number of allylic oxidation sites excluding steroid dienone is 1. The molecule has 0 spiro atoms. The highest BCUT2D eigenvalue weighted by atomic mass is 16.4. The van der Waals surface area contributed by atoms with Gasteiger partial charge in [0.25, 0.3) is 0 Å². The Balaban J connectivity index is 2.32. The first-order chi connectivity index (χ1) is 13.6. The first-order valence-corrected chi connectivity index (χ1v) is 9.32. The van der Waals surface area contributed by atoms with E-state index in [1.165, 1.54) is 0 Å². The molecule has 1 rings (SSSR count). The van der Waals surface area contributed by atoms with Gasteiger partial charge in [-0.05, 0) is 24.6 Å². The maximum absolute atomic E-state index is 11.7. The third-order valence-corrected chi connectivity index (χ3v) is 3.85. The van der Waals surface area contributed by atoms with Crippen LogP contribution in [0.2, 0.25) is 0 Å². The average Bonchev–Trinajstić information content (AvgIpc) is 2.68. The zero-order valence-electron chi connectivity index (χ0n) is 16.1. The fourth-order valence-corrected chi connectivity index (χ4v) is 2.43. The van der Waals surface area contributed by atoms with Crippen LogP contribution in [-0.4, -0.2) is 71.8 Å². The van der Waals surface area contributed by atoms with Crippen LogP contribution in [0.25, 0.3) is 0 Å². The Labute approximate surface area is 165 Å². The Morgan fingerprint density at radius 2 is 2.04 bits per heavy atom. The standard InChI is InChI=1S/C19H30N6O3/c1-2-16(17-6-3-4-10-21-17)24-23-12-15-25(13-9-20)14-11-22-18(26)7-5-8-19(27)28/h2-4,6,10,23H,1,5,7-9,11-15,20H2,(H,22,26)(H,27,28)/b24-16+. The number of aromatic nitrogens is 1. The molecule has 0 aromatic carbocycles. The zero-order chi connectivity index (χ0) is 20.6. The zero-order valence-corrected chi connectivity index (χ0v) is 16.1. The fraction of sp³-hybridized carbons (Fsp3) is 0.474. The molecule has 1 aromatic rings. The van der Waals surface area contributed by atoms with Crippen LogP contribution in [0.4, 0.5) is 0 Å². The van der Waals surface area contributed by atoms with Gasteiger partial charge in [0.15, 0.2) is 0 Å². The van der Waals surface area contributed by atoms with E-state index in [1.54, 1.807) is 12.3 Å². The molecule has 0 radical (unpaired) electrons. The van der Waals surface area contributed by atoms with E-state index in [0.717, 1.165) is 5.69 Å². The Morgan fingerprint density at radius 1 is 1.25 bits per heavy atom. The van der Waals surface area contributed by atoms with E-state index >= 15 is 0 Å². The van der Waals surface area contributed by atoms with Gasteiger partial charge in [-0.1, -0.05) is 12.6 Å². The van der Waals surface area contributed by atoms with Crippen LogP contribution in [0, 0.1) is 0 Å². The Morgan fingerprint density at radius 3 is 2.68 bits per heavy atom. The number of carboxylic acids is 1. The molecule has 9 heteroatoms. The van der Waals surface area contributed by atoms with Gasteiger partial charge >= 0.3 is 5.97 Å². The molecule has 0 unspecified atom stereocenters. The van der Waals surface area contributed by atoms with Crippen LogP contribution in [0.5, 0.6) is 0 Å².